The molecule has 12 aromatic rings. The zero-order chi connectivity index (χ0) is 38.9. The standard InChI is InChI=1S/C54H34N4O/c1-4-16-35(17-5-1)36-28-30-39(31-29-36)57(38-20-8-3-9-21-38)48-34-49-50(41-23-11-10-22-40(41)48)44-32-33-47-51(53(44)59-49)43-25-13-15-27-46(43)58(47)54-55-45-26-14-12-24-42(45)52(56-54)37-18-6-2-7-19-37/h1-34H. The van der Waals surface area contributed by atoms with Gasteiger partial charge in [-0.25, -0.2) is 9.97 Å². The number of anilines is 3. The molecular formula is C54H34N4O. The van der Waals surface area contributed by atoms with Gasteiger partial charge in [0.1, 0.15) is 11.2 Å². The van der Waals surface area contributed by atoms with Crippen LogP contribution >= 0.6 is 0 Å². The van der Waals surface area contributed by atoms with E-state index in [9.17, 15) is 0 Å². The highest BCUT2D eigenvalue weighted by Gasteiger charge is 2.24. The van der Waals surface area contributed by atoms with Gasteiger partial charge in [-0.15, -0.1) is 0 Å². The third-order valence-corrected chi connectivity index (χ3v) is 11.6. The summed E-state index contributed by atoms with van der Waals surface area (Å²) in [7, 11) is 0. The number of hydrogen-bond donors (Lipinski definition) is 0. The molecule has 3 aromatic heterocycles. The van der Waals surface area contributed by atoms with E-state index in [2.05, 4.69) is 198 Å². The van der Waals surface area contributed by atoms with Crippen LogP contribution in [0.25, 0.3) is 93.8 Å². The van der Waals surface area contributed by atoms with Crippen molar-refractivity contribution in [2.24, 2.45) is 0 Å². The first-order valence-corrected chi connectivity index (χ1v) is 19.9. The van der Waals surface area contributed by atoms with Gasteiger partial charge in [-0.3, -0.25) is 4.57 Å². The lowest BCUT2D eigenvalue weighted by atomic mass is 9.99. The molecule has 0 N–H and O–H groups in total. The van der Waals surface area contributed by atoms with Crippen molar-refractivity contribution in [2.45, 2.75) is 0 Å². The van der Waals surface area contributed by atoms with Crippen LogP contribution in [0, 0.1) is 0 Å². The average Bonchev–Trinajstić information content (AvgIpc) is 3.86. The molecule has 0 saturated carbocycles. The molecule has 0 aliphatic heterocycles. The summed E-state index contributed by atoms with van der Waals surface area (Å²) < 4.78 is 9.34. The quantitative estimate of drug-likeness (QED) is 0.170. The van der Waals surface area contributed by atoms with E-state index in [1.165, 1.54) is 11.1 Å². The molecule has 0 amide bonds. The van der Waals surface area contributed by atoms with Crippen LogP contribution in [-0.4, -0.2) is 14.5 Å². The molecule has 0 radical (unpaired) electrons. The molecule has 0 saturated heterocycles. The molecule has 0 atom stereocenters. The summed E-state index contributed by atoms with van der Waals surface area (Å²) in [5, 5.41) is 7.57. The maximum absolute atomic E-state index is 7.15. The van der Waals surface area contributed by atoms with Gasteiger partial charge < -0.3 is 9.32 Å². The Labute approximate surface area is 339 Å². The zero-order valence-corrected chi connectivity index (χ0v) is 31.8. The maximum atomic E-state index is 7.15. The van der Waals surface area contributed by atoms with Crippen LogP contribution in [0.4, 0.5) is 17.1 Å². The second kappa shape index (κ2) is 13.3. The summed E-state index contributed by atoms with van der Waals surface area (Å²) in [5.41, 5.74) is 12.1. The van der Waals surface area contributed by atoms with Crippen LogP contribution in [0.2, 0.25) is 0 Å². The summed E-state index contributed by atoms with van der Waals surface area (Å²) in [4.78, 5) is 12.8. The normalized spacial score (nSPS) is 11.7. The van der Waals surface area contributed by atoms with Crippen molar-refractivity contribution in [3.05, 3.63) is 206 Å². The number of furan rings is 1. The molecule has 5 heteroatoms. The van der Waals surface area contributed by atoms with Crippen molar-refractivity contribution in [2.75, 3.05) is 4.90 Å². The molecule has 0 unspecified atom stereocenters. The first kappa shape index (κ1) is 33.2. The Hall–Kier alpha value is -8.02. The molecule has 59 heavy (non-hydrogen) atoms. The fraction of sp³-hybridized carbons (Fsp3) is 0. The van der Waals surface area contributed by atoms with Gasteiger partial charge >= 0.3 is 0 Å². The molecule has 276 valence electrons. The number of nitrogens with zero attached hydrogens (tertiary/aromatic N) is 4. The van der Waals surface area contributed by atoms with Crippen molar-refractivity contribution >= 4 is 82.5 Å². The van der Waals surface area contributed by atoms with E-state index >= 15 is 0 Å². The maximum Gasteiger partial charge on any atom is 0.235 e. The monoisotopic (exact) mass is 754 g/mol. The first-order valence-electron chi connectivity index (χ1n) is 19.9. The Morgan fingerprint density at radius 3 is 1.76 bits per heavy atom. The van der Waals surface area contributed by atoms with E-state index in [1.54, 1.807) is 0 Å². The number of hydrogen-bond acceptors (Lipinski definition) is 4. The molecule has 0 aliphatic rings. The predicted molar refractivity (Wildman–Crippen MR) is 244 cm³/mol. The highest BCUT2D eigenvalue weighted by Crippen LogP contribution is 2.47. The number of aromatic nitrogens is 3. The second-order valence-electron chi connectivity index (χ2n) is 14.9. The third-order valence-electron chi connectivity index (χ3n) is 11.6. The lowest BCUT2D eigenvalue weighted by molar-refractivity contribution is 0.673. The van der Waals surface area contributed by atoms with Gasteiger partial charge in [0.05, 0.1) is 33.3 Å². The molecule has 5 nitrogen and oxygen atoms in total. The molecule has 0 fully saturated rings. The topological polar surface area (TPSA) is 47.1 Å². The summed E-state index contributed by atoms with van der Waals surface area (Å²) in [5.74, 6) is 0.619. The smallest absolute Gasteiger partial charge is 0.235 e. The highest BCUT2D eigenvalue weighted by atomic mass is 16.3. The Bertz CT molecular complexity index is 3540. The summed E-state index contributed by atoms with van der Waals surface area (Å²) in [6, 6.07) is 72.4. The summed E-state index contributed by atoms with van der Waals surface area (Å²) in [6.45, 7) is 0. The number of para-hydroxylation sites is 3. The first-order chi connectivity index (χ1) is 29.3. The largest absolute Gasteiger partial charge is 0.455 e. The van der Waals surface area contributed by atoms with E-state index in [1.807, 2.05) is 18.2 Å². The second-order valence-corrected chi connectivity index (χ2v) is 14.9. The van der Waals surface area contributed by atoms with Gasteiger partial charge in [0, 0.05) is 49.9 Å². The average molecular weight is 755 g/mol. The number of rotatable bonds is 6. The lowest BCUT2D eigenvalue weighted by Crippen LogP contribution is -2.10. The van der Waals surface area contributed by atoms with E-state index in [0.29, 0.717) is 5.95 Å². The van der Waals surface area contributed by atoms with Crippen LogP contribution in [0.3, 0.4) is 0 Å². The van der Waals surface area contributed by atoms with Gasteiger partial charge in [-0.1, -0.05) is 152 Å². The van der Waals surface area contributed by atoms with Crippen molar-refractivity contribution in [3.63, 3.8) is 0 Å². The van der Waals surface area contributed by atoms with Gasteiger partial charge in [-0.2, -0.15) is 0 Å². The van der Waals surface area contributed by atoms with Crippen molar-refractivity contribution in [1.29, 1.82) is 0 Å². The van der Waals surface area contributed by atoms with Gasteiger partial charge in [0.15, 0.2) is 0 Å². The van der Waals surface area contributed by atoms with E-state index in [-0.39, 0.29) is 0 Å². The van der Waals surface area contributed by atoms with E-state index < -0.39 is 0 Å². The molecule has 0 spiro atoms. The zero-order valence-electron chi connectivity index (χ0n) is 31.8. The SMILES string of the molecule is c1ccc(-c2ccc(N(c3ccccc3)c3cc4oc5c(ccc6c5c5ccccc5n6-c5nc(-c6ccccc6)c6ccccc6n5)c4c4ccccc34)cc2)cc1. The van der Waals surface area contributed by atoms with E-state index in [4.69, 9.17) is 14.4 Å². The van der Waals surface area contributed by atoms with Crippen LogP contribution < -0.4 is 4.90 Å². The van der Waals surface area contributed by atoms with Gasteiger partial charge in [-0.05, 0) is 65.0 Å². The molecule has 9 aromatic carbocycles. The lowest BCUT2D eigenvalue weighted by Gasteiger charge is -2.27. The molecule has 0 bridgehead atoms. The van der Waals surface area contributed by atoms with Crippen molar-refractivity contribution in [1.82, 2.24) is 14.5 Å². The Kier molecular flexibility index (Phi) is 7.47. The Morgan fingerprint density at radius 1 is 0.407 bits per heavy atom. The highest BCUT2D eigenvalue weighted by molar-refractivity contribution is 6.29. The fourth-order valence-electron chi connectivity index (χ4n) is 8.95. The van der Waals surface area contributed by atoms with Gasteiger partial charge in [0.25, 0.3) is 0 Å². The van der Waals surface area contributed by atoms with Crippen LogP contribution in [0.1, 0.15) is 0 Å². The Morgan fingerprint density at radius 2 is 1.00 bits per heavy atom. The molecule has 0 aliphatic carbocycles. The Balaban J connectivity index is 1.11. The van der Waals surface area contributed by atoms with Crippen molar-refractivity contribution in [3.8, 4) is 28.3 Å². The van der Waals surface area contributed by atoms with Gasteiger partial charge in [0.2, 0.25) is 5.95 Å². The number of benzene rings is 9. The summed E-state index contributed by atoms with van der Waals surface area (Å²) in [6.07, 6.45) is 0. The minimum absolute atomic E-state index is 0.619. The van der Waals surface area contributed by atoms with Crippen LogP contribution in [0.15, 0.2) is 211 Å². The minimum Gasteiger partial charge on any atom is -0.455 e. The summed E-state index contributed by atoms with van der Waals surface area (Å²) >= 11 is 0. The van der Waals surface area contributed by atoms with Crippen LogP contribution in [-0.2, 0) is 0 Å². The third kappa shape index (κ3) is 5.25. The minimum atomic E-state index is 0.619. The molecule has 12 rings (SSSR count). The predicted octanol–water partition coefficient (Wildman–Crippen LogP) is 14.6. The van der Waals surface area contributed by atoms with Crippen molar-refractivity contribution < 1.29 is 4.42 Å². The van der Waals surface area contributed by atoms with Crippen LogP contribution in [0.5, 0.6) is 0 Å². The number of fused-ring (bicyclic) bond motifs is 10. The molecular weight excluding hydrogens is 721 g/mol. The fourth-order valence-corrected chi connectivity index (χ4v) is 8.95. The van der Waals surface area contributed by atoms with E-state index in [0.717, 1.165) is 93.7 Å². The molecule has 3 heterocycles.